The molecule has 0 bridgehead atoms. The van der Waals surface area contributed by atoms with Crippen molar-refractivity contribution in [1.29, 1.82) is 0 Å². The zero-order valence-corrected chi connectivity index (χ0v) is 14.7. The summed E-state index contributed by atoms with van der Waals surface area (Å²) in [6.45, 7) is 0. The van der Waals surface area contributed by atoms with Crippen LogP contribution in [-0.2, 0) is 6.18 Å². The van der Waals surface area contributed by atoms with Crippen molar-refractivity contribution >= 4 is 11.4 Å². The van der Waals surface area contributed by atoms with E-state index in [1.54, 1.807) is 30.3 Å². The Morgan fingerprint density at radius 3 is 1.87 bits per heavy atom. The van der Waals surface area contributed by atoms with Gasteiger partial charge in [-0.05, 0) is 17.7 Å². The van der Waals surface area contributed by atoms with Crippen molar-refractivity contribution in [2.45, 2.75) is 6.18 Å². The maximum atomic E-state index is 14.5. The Kier molecular flexibility index (Phi) is 5.37. The number of rotatable bonds is 5. The highest BCUT2D eigenvalue weighted by molar-refractivity contribution is 5.66. The maximum Gasteiger partial charge on any atom is 0.416 e. The topological polar surface area (TPSA) is 95.5 Å². The summed E-state index contributed by atoms with van der Waals surface area (Å²) in [6.07, 6.45) is -5.06. The van der Waals surface area contributed by atoms with Crippen LogP contribution in [-0.4, -0.2) is 9.85 Å². The second kappa shape index (κ2) is 7.78. The molecule has 3 rings (SSSR count). The zero-order valence-electron chi connectivity index (χ0n) is 14.7. The van der Waals surface area contributed by atoms with Crippen molar-refractivity contribution in [1.82, 2.24) is 0 Å². The third-order valence-corrected chi connectivity index (χ3v) is 4.02. The molecule has 154 valence electrons. The van der Waals surface area contributed by atoms with E-state index in [0.717, 1.165) is 6.07 Å². The first-order valence-corrected chi connectivity index (χ1v) is 8.15. The second-order valence-corrected chi connectivity index (χ2v) is 5.97. The van der Waals surface area contributed by atoms with Crippen molar-refractivity contribution in [2.24, 2.45) is 0 Å². The molecule has 0 unspecified atom stereocenters. The highest BCUT2D eigenvalue weighted by Crippen LogP contribution is 2.44. The van der Waals surface area contributed by atoms with Crippen LogP contribution in [0.5, 0.6) is 11.5 Å². The van der Waals surface area contributed by atoms with Gasteiger partial charge in [0.2, 0.25) is 0 Å². The van der Waals surface area contributed by atoms with Crippen molar-refractivity contribution in [3.05, 3.63) is 92.3 Å². The average molecular weight is 422 g/mol. The van der Waals surface area contributed by atoms with Gasteiger partial charge in [0.25, 0.3) is 5.75 Å². The molecule has 0 saturated heterocycles. The summed E-state index contributed by atoms with van der Waals surface area (Å²) in [6, 6.07) is 11.9. The molecular weight excluding hydrogens is 412 g/mol. The van der Waals surface area contributed by atoms with Gasteiger partial charge in [0.1, 0.15) is 11.6 Å². The molecule has 0 aliphatic rings. The SMILES string of the molecule is O=[N+]([O-])c1cc(C(F)(F)F)cc([N+](=O)[O-])c1Oc1ccc(-c2ccccc2)c(F)c1. The Labute approximate surface area is 165 Å². The molecule has 3 aromatic carbocycles. The van der Waals surface area contributed by atoms with Gasteiger partial charge in [-0.15, -0.1) is 0 Å². The number of alkyl halides is 3. The third-order valence-electron chi connectivity index (χ3n) is 4.02. The van der Waals surface area contributed by atoms with Gasteiger partial charge in [-0.2, -0.15) is 13.2 Å². The molecule has 0 atom stereocenters. The first-order valence-electron chi connectivity index (χ1n) is 8.15. The highest BCUT2D eigenvalue weighted by Gasteiger charge is 2.38. The van der Waals surface area contributed by atoms with E-state index >= 15 is 0 Å². The van der Waals surface area contributed by atoms with Gasteiger partial charge in [0.15, 0.2) is 0 Å². The number of benzene rings is 3. The largest absolute Gasteiger partial charge is 0.444 e. The molecule has 0 N–H and O–H groups in total. The Morgan fingerprint density at radius 1 is 0.833 bits per heavy atom. The minimum atomic E-state index is -5.06. The zero-order chi connectivity index (χ0) is 22.1. The fourth-order valence-electron chi connectivity index (χ4n) is 2.67. The Morgan fingerprint density at radius 2 is 1.40 bits per heavy atom. The van der Waals surface area contributed by atoms with E-state index in [9.17, 15) is 37.8 Å². The normalized spacial score (nSPS) is 11.2. The summed E-state index contributed by atoms with van der Waals surface area (Å²) in [5, 5.41) is 22.5. The van der Waals surface area contributed by atoms with Crippen LogP contribution in [0.1, 0.15) is 5.56 Å². The number of halogens is 4. The monoisotopic (exact) mass is 422 g/mol. The Bertz CT molecular complexity index is 1100. The van der Waals surface area contributed by atoms with E-state index in [1.165, 1.54) is 12.1 Å². The predicted molar refractivity (Wildman–Crippen MR) is 96.7 cm³/mol. The number of hydrogen-bond acceptors (Lipinski definition) is 5. The van der Waals surface area contributed by atoms with Crippen molar-refractivity contribution in [3.63, 3.8) is 0 Å². The summed E-state index contributed by atoms with van der Waals surface area (Å²) in [4.78, 5) is 20.0. The van der Waals surface area contributed by atoms with E-state index in [2.05, 4.69) is 0 Å². The molecule has 0 aromatic heterocycles. The molecule has 0 fully saturated rings. The molecule has 30 heavy (non-hydrogen) atoms. The van der Waals surface area contributed by atoms with E-state index in [-0.39, 0.29) is 23.4 Å². The lowest BCUT2D eigenvalue weighted by atomic mass is 10.1. The van der Waals surface area contributed by atoms with E-state index in [4.69, 9.17) is 4.74 Å². The quantitative estimate of drug-likeness (QED) is 0.280. The van der Waals surface area contributed by atoms with E-state index in [1.807, 2.05) is 0 Å². The van der Waals surface area contributed by atoms with Gasteiger partial charge in [-0.25, -0.2) is 4.39 Å². The molecular formula is C19H10F4N2O5. The van der Waals surface area contributed by atoms with Crippen molar-refractivity contribution < 1.29 is 32.1 Å². The molecule has 0 spiro atoms. The summed E-state index contributed by atoms with van der Waals surface area (Å²) < 4.78 is 58.5. The van der Waals surface area contributed by atoms with Crippen LogP contribution in [0.25, 0.3) is 11.1 Å². The predicted octanol–water partition coefficient (Wildman–Crippen LogP) is 6.12. The first kappa shape index (κ1) is 20.7. The van der Waals surface area contributed by atoms with Crippen molar-refractivity contribution in [2.75, 3.05) is 0 Å². The standard InChI is InChI=1S/C19H10F4N2O5/c20-15-10-13(6-7-14(15)11-4-2-1-3-5-11)30-18-16(24(26)27)8-12(19(21,22)23)9-17(18)25(28)29/h1-10H. The molecule has 0 aliphatic carbocycles. The van der Waals surface area contributed by atoms with Crippen LogP contribution in [0.4, 0.5) is 28.9 Å². The molecule has 0 saturated carbocycles. The number of hydrogen-bond donors (Lipinski definition) is 0. The number of nitro benzene ring substituents is 2. The van der Waals surface area contributed by atoms with Gasteiger partial charge < -0.3 is 4.74 Å². The van der Waals surface area contributed by atoms with E-state index in [0.29, 0.717) is 5.56 Å². The lowest BCUT2D eigenvalue weighted by Crippen LogP contribution is -2.08. The van der Waals surface area contributed by atoms with Crippen LogP contribution >= 0.6 is 0 Å². The molecule has 7 nitrogen and oxygen atoms in total. The fourth-order valence-corrected chi connectivity index (χ4v) is 2.67. The van der Waals surface area contributed by atoms with Crippen LogP contribution in [0, 0.1) is 26.0 Å². The Balaban J connectivity index is 2.09. The average Bonchev–Trinajstić information content (AvgIpc) is 2.67. The summed E-state index contributed by atoms with van der Waals surface area (Å²) in [7, 11) is 0. The Hall–Kier alpha value is -4.02. The van der Waals surface area contributed by atoms with E-state index < -0.39 is 44.5 Å². The van der Waals surface area contributed by atoms with Gasteiger partial charge in [-0.3, -0.25) is 20.2 Å². The minimum absolute atomic E-state index is 0.122. The number of ether oxygens (including phenoxy) is 1. The third kappa shape index (κ3) is 4.19. The number of nitro groups is 2. The smallest absolute Gasteiger partial charge is 0.416 e. The highest BCUT2D eigenvalue weighted by atomic mass is 19.4. The lowest BCUT2D eigenvalue weighted by Gasteiger charge is -2.11. The van der Waals surface area contributed by atoms with Crippen LogP contribution in [0.2, 0.25) is 0 Å². The molecule has 3 aromatic rings. The lowest BCUT2D eigenvalue weighted by molar-refractivity contribution is -0.396. The number of nitrogens with zero attached hydrogens (tertiary/aromatic N) is 2. The van der Waals surface area contributed by atoms with Crippen LogP contribution in [0.15, 0.2) is 60.7 Å². The molecule has 0 radical (unpaired) electrons. The summed E-state index contributed by atoms with van der Waals surface area (Å²) in [5.74, 6) is -2.20. The second-order valence-electron chi connectivity index (χ2n) is 5.97. The minimum Gasteiger partial charge on any atom is -0.444 e. The van der Waals surface area contributed by atoms with Gasteiger partial charge in [0, 0.05) is 23.8 Å². The van der Waals surface area contributed by atoms with Gasteiger partial charge in [-0.1, -0.05) is 30.3 Å². The molecule has 11 heteroatoms. The van der Waals surface area contributed by atoms with Gasteiger partial charge >= 0.3 is 17.6 Å². The fraction of sp³-hybridized carbons (Fsp3) is 0.0526. The molecule has 0 heterocycles. The molecule has 0 amide bonds. The maximum absolute atomic E-state index is 14.5. The van der Waals surface area contributed by atoms with Crippen LogP contribution in [0.3, 0.4) is 0 Å². The summed E-state index contributed by atoms with van der Waals surface area (Å²) >= 11 is 0. The van der Waals surface area contributed by atoms with Crippen LogP contribution < -0.4 is 4.74 Å². The first-order chi connectivity index (χ1) is 14.1. The molecule has 0 aliphatic heterocycles. The summed E-state index contributed by atoms with van der Waals surface area (Å²) in [5.41, 5.74) is -3.44. The van der Waals surface area contributed by atoms with Gasteiger partial charge in [0.05, 0.1) is 15.4 Å². The van der Waals surface area contributed by atoms with Crippen molar-refractivity contribution in [3.8, 4) is 22.6 Å².